The molecule has 0 bridgehead atoms. The number of hydrogen-bond acceptors (Lipinski definition) is 2. The molecule has 0 unspecified atom stereocenters. The summed E-state index contributed by atoms with van der Waals surface area (Å²) in [4.78, 5) is 26.4. The maximum Gasteiger partial charge on any atom is 0.257 e. The average Bonchev–Trinajstić information content (AvgIpc) is 3.36. The minimum atomic E-state index is -0.555. The molecule has 2 aromatic carbocycles. The van der Waals surface area contributed by atoms with Crippen LogP contribution in [-0.4, -0.2) is 22.8 Å². The van der Waals surface area contributed by atoms with Gasteiger partial charge in [0.2, 0.25) is 5.91 Å². The third-order valence-corrected chi connectivity index (χ3v) is 5.13. The van der Waals surface area contributed by atoms with E-state index in [1.807, 2.05) is 17.0 Å². The molecule has 1 saturated carbocycles. The molecule has 0 aromatic heterocycles. The van der Waals surface area contributed by atoms with E-state index in [-0.39, 0.29) is 29.5 Å². The smallest absolute Gasteiger partial charge is 0.257 e. The second-order valence-corrected chi connectivity index (χ2v) is 7.07. The summed E-state index contributed by atoms with van der Waals surface area (Å²) < 4.78 is 14.4. The quantitative estimate of drug-likeness (QED) is 0.901. The van der Waals surface area contributed by atoms with Crippen LogP contribution in [0.25, 0.3) is 0 Å². The number of anilines is 1. The summed E-state index contributed by atoms with van der Waals surface area (Å²) in [6.07, 6.45) is 3.72. The Labute approximate surface area is 152 Å². The number of benzene rings is 2. The fraction of sp³-hybridized carbons (Fsp3) is 0.333. The Balaban J connectivity index is 1.68. The third-order valence-electron chi connectivity index (χ3n) is 5.13. The van der Waals surface area contributed by atoms with Crippen molar-refractivity contribution < 1.29 is 14.0 Å². The van der Waals surface area contributed by atoms with Crippen molar-refractivity contribution in [3.05, 3.63) is 65.0 Å². The number of carbonyl (C=O) groups excluding carboxylic acids is 2. The largest absolute Gasteiger partial charge is 0.329 e. The van der Waals surface area contributed by atoms with Gasteiger partial charge >= 0.3 is 0 Å². The van der Waals surface area contributed by atoms with Crippen LogP contribution in [0.5, 0.6) is 0 Å². The SMILES string of the molecule is CC(=O)Nc1ccc(F)c(C(=O)N(C2CC2)[C@H]2CCc3ccccc32)c1. The van der Waals surface area contributed by atoms with E-state index in [2.05, 4.69) is 17.4 Å². The summed E-state index contributed by atoms with van der Waals surface area (Å²) in [5.41, 5.74) is 2.90. The molecule has 26 heavy (non-hydrogen) atoms. The molecule has 5 heteroatoms. The van der Waals surface area contributed by atoms with Gasteiger partial charge in [-0.2, -0.15) is 0 Å². The first kappa shape index (κ1) is 16.8. The van der Waals surface area contributed by atoms with E-state index in [0.29, 0.717) is 5.69 Å². The minimum absolute atomic E-state index is 0.00461. The molecule has 4 rings (SSSR count). The first-order valence-electron chi connectivity index (χ1n) is 9.02. The Morgan fingerprint density at radius 3 is 2.62 bits per heavy atom. The van der Waals surface area contributed by atoms with E-state index >= 15 is 0 Å². The van der Waals surface area contributed by atoms with Gasteiger partial charge in [0, 0.05) is 18.7 Å². The second kappa shape index (κ2) is 6.56. The molecule has 4 nitrogen and oxygen atoms in total. The van der Waals surface area contributed by atoms with Gasteiger partial charge in [0.25, 0.3) is 5.91 Å². The molecule has 0 spiro atoms. The van der Waals surface area contributed by atoms with Gasteiger partial charge in [-0.3, -0.25) is 9.59 Å². The highest BCUT2D eigenvalue weighted by molar-refractivity contribution is 5.97. The highest BCUT2D eigenvalue weighted by atomic mass is 19.1. The topological polar surface area (TPSA) is 49.4 Å². The maximum atomic E-state index is 14.4. The van der Waals surface area contributed by atoms with E-state index in [1.54, 1.807) is 0 Å². The van der Waals surface area contributed by atoms with E-state index in [9.17, 15) is 14.0 Å². The van der Waals surface area contributed by atoms with Crippen molar-refractivity contribution in [2.45, 2.75) is 44.7 Å². The first-order valence-corrected chi connectivity index (χ1v) is 9.02. The van der Waals surface area contributed by atoms with Crippen molar-refractivity contribution in [2.75, 3.05) is 5.32 Å². The van der Waals surface area contributed by atoms with E-state index in [1.165, 1.54) is 36.2 Å². The summed E-state index contributed by atoms with van der Waals surface area (Å²) in [5.74, 6) is -1.10. The van der Waals surface area contributed by atoms with Crippen LogP contribution in [0.4, 0.5) is 10.1 Å². The van der Waals surface area contributed by atoms with Crippen LogP contribution in [0, 0.1) is 5.82 Å². The first-order chi connectivity index (χ1) is 12.5. The Morgan fingerprint density at radius 1 is 1.12 bits per heavy atom. The van der Waals surface area contributed by atoms with E-state index in [4.69, 9.17) is 0 Å². The van der Waals surface area contributed by atoms with Crippen molar-refractivity contribution in [2.24, 2.45) is 0 Å². The van der Waals surface area contributed by atoms with Gasteiger partial charge in [0.05, 0.1) is 11.6 Å². The van der Waals surface area contributed by atoms with Crippen LogP contribution in [0.2, 0.25) is 0 Å². The van der Waals surface area contributed by atoms with Crippen LogP contribution < -0.4 is 5.32 Å². The molecule has 1 fully saturated rings. The summed E-state index contributed by atoms with van der Waals surface area (Å²) in [6.45, 7) is 1.39. The lowest BCUT2D eigenvalue weighted by Crippen LogP contribution is -2.36. The number of nitrogens with zero attached hydrogens (tertiary/aromatic N) is 1. The van der Waals surface area contributed by atoms with Gasteiger partial charge in [0.1, 0.15) is 5.82 Å². The van der Waals surface area contributed by atoms with E-state index in [0.717, 1.165) is 25.7 Å². The van der Waals surface area contributed by atoms with Crippen LogP contribution >= 0.6 is 0 Å². The minimum Gasteiger partial charge on any atom is -0.329 e. The molecule has 2 aliphatic rings. The Morgan fingerprint density at radius 2 is 1.88 bits per heavy atom. The van der Waals surface area contributed by atoms with Gasteiger partial charge in [-0.15, -0.1) is 0 Å². The molecule has 0 aliphatic heterocycles. The Kier molecular flexibility index (Phi) is 4.23. The highest BCUT2D eigenvalue weighted by Crippen LogP contribution is 2.42. The van der Waals surface area contributed by atoms with Gasteiger partial charge in [-0.25, -0.2) is 4.39 Å². The fourth-order valence-electron chi connectivity index (χ4n) is 3.85. The second-order valence-electron chi connectivity index (χ2n) is 7.07. The normalized spacial score (nSPS) is 18.3. The van der Waals surface area contributed by atoms with Crippen molar-refractivity contribution in [1.82, 2.24) is 4.90 Å². The molecular formula is C21H21FN2O2. The summed E-state index contributed by atoms with van der Waals surface area (Å²) in [6, 6.07) is 12.5. The predicted octanol–water partition coefficient (Wildman–Crippen LogP) is 4.08. The number of nitrogens with one attached hydrogen (secondary N) is 1. The predicted molar refractivity (Wildman–Crippen MR) is 97.4 cm³/mol. The van der Waals surface area contributed by atoms with Gasteiger partial charge in [-0.05, 0) is 55.0 Å². The third kappa shape index (κ3) is 3.09. The number of amides is 2. The van der Waals surface area contributed by atoms with Gasteiger partial charge in [0.15, 0.2) is 0 Å². The summed E-state index contributed by atoms with van der Waals surface area (Å²) in [7, 11) is 0. The van der Waals surface area contributed by atoms with Crippen molar-refractivity contribution in [1.29, 1.82) is 0 Å². The molecule has 0 heterocycles. The van der Waals surface area contributed by atoms with Gasteiger partial charge < -0.3 is 10.2 Å². The molecule has 1 atom stereocenters. The fourth-order valence-corrected chi connectivity index (χ4v) is 3.85. The monoisotopic (exact) mass is 352 g/mol. The lowest BCUT2D eigenvalue weighted by molar-refractivity contribution is -0.114. The number of aryl methyl sites for hydroxylation is 1. The molecule has 0 saturated heterocycles. The molecule has 2 aromatic rings. The number of hydrogen-bond donors (Lipinski definition) is 1. The molecule has 2 aliphatic carbocycles. The van der Waals surface area contributed by atoms with Crippen LogP contribution in [0.3, 0.4) is 0 Å². The molecule has 2 amide bonds. The number of rotatable bonds is 4. The summed E-state index contributed by atoms with van der Waals surface area (Å²) in [5, 5.41) is 2.62. The molecular weight excluding hydrogens is 331 g/mol. The van der Waals surface area contributed by atoms with Crippen molar-refractivity contribution in [3.8, 4) is 0 Å². The molecule has 134 valence electrons. The van der Waals surface area contributed by atoms with Crippen molar-refractivity contribution >= 4 is 17.5 Å². The van der Waals surface area contributed by atoms with E-state index < -0.39 is 5.82 Å². The Bertz CT molecular complexity index is 876. The van der Waals surface area contributed by atoms with Crippen LogP contribution in [0.15, 0.2) is 42.5 Å². The van der Waals surface area contributed by atoms with Gasteiger partial charge in [-0.1, -0.05) is 24.3 Å². The summed E-state index contributed by atoms with van der Waals surface area (Å²) >= 11 is 0. The van der Waals surface area contributed by atoms with Crippen molar-refractivity contribution in [3.63, 3.8) is 0 Å². The zero-order valence-electron chi connectivity index (χ0n) is 14.7. The maximum absolute atomic E-state index is 14.4. The zero-order valence-corrected chi connectivity index (χ0v) is 14.7. The highest BCUT2D eigenvalue weighted by Gasteiger charge is 2.41. The zero-order chi connectivity index (χ0) is 18.3. The standard InChI is InChI=1S/C21H21FN2O2/c1-13(25)23-15-7-10-19(22)18(12-15)21(26)24(16-8-9-16)20-11-6-14-4-2-3-5-17(14)20/h2-5,7,10,12,16,20H,6,8-9,11H2,1H3,(H,23,25)/t20-/m0/s1. The lowest BCUT2D eigenvalue weighted by Gasteiger charge is -2.30. The average molecular weight is 352 g/mol. The Hall–Kier alpha value is -2.69. The molecule has 1 N–H and O–H groups in total. The lowest BCUT2D eigenvalue weighted by atomic mass is 10.0. The number of halogens is 1. The number of carbonyl (C=O) groups is 2. The number of fused-ring (bicyclic) bond motifs is 1. The van der Waals surface area contributed by atoms with Crippen LogP contribution in [0.1, 0.15) is 53.7 Å². The molecule has 0 radical (unpaired) electrons. The van der Waals surface area contributed by atoms with Crippen LogP contribution in [-0.2, 0) is 11.2 Å².